The predicted molar refractivity (Wildman–Crippen MR) is 79.4 cm³/mol. The fourth-order valence-corrected chi connectivity index (χ4v) is 1.93. The van der Waals surface area contributed by atoms with E-state index in [9.17, 15) is 4.79 Å². The van der Waals surface area contributed by atoms with Crippen molar-refractivity contribution in [1.82, 2.24) is 15.2 Å². The Kier molecular flexibility index (Phi) is 4.08. The number of hydrogen-bond acceptors (Lipinski definition) is 4. The molecule has 0 unspecified atom stereocenters. The van der Waals surface area contributed by atoms with Gasteiger partial charge < -0.3 is 4.74 Å². The van der Waals surface area contributed by atoms with Crippen molar-refractivity contribution >= 4 is 27.7 Å². The van der Waals surface area contributed by atoms with Gasteiger partial charge in [-0.15, -0.1) is 0 Å². The molecule has 0 saturated heterocycles. The molecule has 0 bridgehead atoms. The molecule has 1 aromatic heterocycles. The van der Waals surface area contributed by atoms with Crippen LogP contribution in [0.2, 0.25) is 0 Å². The molecule has 2 rings (SSSR count). The molecule has 0 fully saturated rings. The smallest absolute Gasteiger partial charge is 0.412 e. The minimum Gasteiger partial charge on any atom is -0.444 e. The zero-order valence-corrected chi connectivity index (χ0v) is 13.0. The molecular formula is C13H15BrN4O2. The number of amides is 1. The minimum absolute atomic E-state index is 0.513. The molecule has 7 heteroatoms. The van der Waals surface area contributed by atoms with E-state index in [1.54, 1.807) is 6.07 Å². The fourth-order valence-electron chi connectivity index (χ4n) is 1.57. The maximum atomic E-state index is 11.8. The van der Waals surface area contributed by atoms with Gasteiger partial charge in [0.05, 0.1) is 5.69 Å². The number of H-pyrrole nitrogens is 1. The van der Waals surface area contributed by atoms with Crippen molar-refractivity contribution in [3.63, 3.8) is 0 Å². The van der Waals surface area contributed by atoms with Crippen molar-refractivity contribution in [2.24, 2.45) is 0 Å². The molecule has 2 N–H and O–H groups in total. The Morgan fingerprint density at radius 2 is 2.15 bits per heavy atom. The number of carbonyl (C=O) groups excluding carboxylic acids is 1. The van der Waals surface area contributed by atoms with Gasteiger partial charge in [-0.3, -0.25) is 10.4 Å². The summed E-state index contributed by atoms with van der Waals surface area (Å²) in [6, 6.07) is 5.44. The normalized spacial score (nSPS) is 11.2. The number of ether oxygens (including phenoxy) is 1. The molecule has 0 saturated carbocycles. The molecular weight excluding hydrogens is 324 g/mol. The fraction of sp³-hybridized carbons (Fsp3) is 0.308. The van der Waals surface area contributed by atoms with E-state index in [4.69, 9.17) is 4.74 Å². The third-order valence-electron chi connectivity index (χ3n) is 2.29. The first-order chi connectivity index (χ1) is 9.35. The van der Waals surface area contributed by atoms with E-state index >= 15 is 0 Å². The van der Waals surface area contributed by atoms with Crippen LogP contribution in [-0.2, 0) is 4.74 Å². The van der Waals surface area contributed by atoms with Crippen molar-refractivity contribution in [3.05, 3.63) is 29.0 Å². The maximum Gasteiger partial charge on any atom is 0.412 e. The molecule has 106 valence electrons. The minimum atomic E-state index is -0.550. The van der Waals surface area contributed by atoms with Crippen molar-refractivity contribution in [3.8, 4) is 11.4 Å². The van der Waals surface area contributed by atoms with E-state index in [0.717, 1.165) is 10.0 Å². The van der Waals surface area contributed by atoms with Crippen molar-refractivity contribution < 1.29 is 9.53 Å². The highest BCUT2D eigenvalue weighted by molar-refractivity contribution is 9.10. The summed E-state index contributed by atoms with van der Waals surface area (Å²) < 4.78 is 6.11. The standard InChI is InChI=1S/C13H15BrN4O2/c1-13(2,3)20-12(19)17-10-5-4-8(14)6-9(10)11-15-7-16-18-11/h4-7H,1-3H3,(H,17,19)(H,15,16,18). The molecule has 1 amide bonds. The number of aromatic amines is 1. The highest BCUT2D eigenvalue weighted by Gasteiger charge is 2.18. The largest absolute Gasteiger partial charge is 0.444 e. The topological polar surface area (TPSA) is 79.9 Å². The summed E-state index contributed by atoms with van der Waals surface area (Å²) in [6.07, 6.45) is 0.897. The van der Waals surface area contributed by atoms with Crippen molar-refractivity contribution in [1.29, 1.82) is 0 Å². The van der Waals surface area contributed by atoms with Crippen LogP contribution in [0.1, 0.15) is 20.8 Å². The summed E-state index contributed by atoms with van der Waals surface area (Å²) in [5.74, 6) is 0.567. The van der Waals surface area contributed by atoms with Crippen LogP contribution in [0, 0.1) is 0 Å². The summed E-state index contributed by atoms with van der Waals surface area (Å²) in [7, 11) is 0. The number of halogens is 1. The van der Waals surface area contributed by atoms with Gasteiger partial charge in [0.15, 0.2) is 5.82 Å². The number of hydrogen-bond donors (Lipinski definition) is 2. The molecule has 0 radical (unpaired) electrons. The van der Waals surface area contributed by atoms with Crippen molar-refractivity contribution in [2.75, 3.05) is 5.32 Å². The van der Waals surface area contributed by atoms with E-state index in [2.05, 4.69) is 36.4 Å². The quantitative estimate of drug-likeness (QED) is 0.876. The molecule has 0 spiro atoms. The van der Waals surface area contributed by atoms with Gasteiger partial charge in [0.1, 0.15) is 11.9 Å². The van der Waals surface area contributed by atoms with Gasteiger partial charge in [-0.2, -0.15) is 5.10 Å². The number of rotatable bonds is 2. The van der Waals surface area contributed by atoms with Crippen LogP contribution in [0.25, 0.3) is 11.4 Å². The number of carbonyl (C=O) groups is 1. The average molecular weight is 339 g/mol. The van der Waals surface area contributed by atoms with Gasteiger partial charge >= 0.3 is 6.09 Å². The maximum absolute atomic E-state index is 11.8. The lowest BCUT2D eigenvalue weighted by Crippen LogP contribution is -2.27. The molecule has 0 aliphatic rings. The monoisotopic (exact) mass is 338 g/mol. The van der Waals surface area contributed by atoms with E-state index in [-0.39, 0.29) is 0 Å². The number of aromatic nitrogens is 3. The molecule has 1 heterocycles. The highest BCUT2D eigenvalue weighted by Crippen LogP contribution is 2.28. The summed E-state index contributed by atoms with van der Waals surface area (Å²) in [5.41, 5.74) is 0.771. The van der Waals surface area contributed by atoms with Gasteiger partial charge in [-0.05, 0) is 39.0 Å². The third kappa shape index (κ3) is 3.80. The third-order valence-corrected chi connectivity index (χ3v) is 2.78. The summed E-state index contributed by atoms with van der Waals surface area (Å²) in [6.45, 7) is 5.43. The summed E-state index contributed by atoms with van der Waals surface area (Å²) in [5, 5.41) is 9.29. The van der Waals surface area contributed by atoms with Crippen LogP contribution in [0.4, 0.5) is 10.5 Å². The second-order valence-electron chi connectivity index (χ2n) is 5.15. The molecule has 20 heavy (non-hydrogen) atoms. The second-order valence-corrected chi connectivity index (χ2v) is 6.07. The van der Waals surface area contributed by atoms with E-state index in [1.165, 1.54) is 6.33 Å². The molecule has 1 aromatic carbocycles. The Morgan fingerprint density at radius 3 is 2.75 bits per heavy atom. The van der Waals surface area contributed by atoms with Crippen LogP contribution in [0.3, 0.4) is 0 Å². The van der Waals surface area contributed by atoms with Crippen LogP contribution in [0.15, 0.2) is 29.0 Å². The Bertz CT molecular complexity index is 605. The van der Waals surface area contributed by atoms with Gasteiger partial charge in [0.25, 0.3) is 0 Å². The molecule has 6 nitrogen and oxygen atoms in total. The molecule has 0 atom stereocenters. The lowest BCUT2D eigenvalue weighted by Gasteiger charge is -2.20. The Morgan fingerprint density at radius 1 is 1.40 bits per heavy atom. The molecule has 0 aliphatic carbocycles. The van der Waals surface area contributed by atoms with Crippen molar-refractivity contribution in [2.45, 2.75) is 26.4 Å². The Hall–Kier alpha value is -1.89. The molecule has 0 aliphatic heterocycles. The first kappa shape index (κ1) is 14.5. The SMILES string of the molecule is CC(C)(C)OC(=O)Nc1ccc(Br)cc1-c1ncn[nH]1. The number of anilines is 1. The van der Waals surface area contributed by atoms with E-state index in [1.807, 2.05) is 32.9 Å². The lowest BCUT2D eigenvalue weighted by molar-refractivity contribution is 0.0636. The Balaban J connectivity index is 2.26. The Labute approximate surface area is 125 Å². The zero-order chi connectivity index (χ0) is 14.8. The van der Waals surface area contributed by atoms with Gasteiger partial charge in [0.2, 0.25) is 0 Å². The summed E-state index contributed by atoms with van der Waals surface area (Å²) in [4.78, 5) is 15.9. The van der Waals surface area contributed by atoms with E-state index in [0.29, 0.717) is 11.5 Å². The summed E-state index contributed by atoms with van der Waals surface area (Å²) >= 11 is 3.39. The molecule has 2 aromatic rings. The zero-order valence-electron chi connectivity index (χ0n) is 11.4. The number of nitrogens with one attached hydrogen (secondary N) is 2. The first-order valence-corrected chi connectivity index (χ1v) is 6.80. The highest BCUT2D eigenvalue weighted by atomic mass is 79.9. The van der Waals surface area contributed by atoms with Gasteiger partial charge in [-0.1, -0.05) is 15.9 Å². The van der Waals surface area contributed by atoms with E-state index < -0.39 is 11.7 Å². The van der Waals surface area contributed by atoms with Gasteiger partial charge in [0, 0.05) is 10.0 Å². The average Bonchev–Trinajstić information content (AvgIpc) is 2.82. The van der Waals surface area contributed by atoms with Crippen LogP contribution >= 0.6 is 15.9 Å². The van der Waals surface area contributed by atoms with Crippen LogP contribution in [-0.4, -0.2) is 26.9 Å². The second kappa shape index (κ2) is 5.62. The van der Waals surface area contributed by atoms with Gasteiger partial charge in [-0.25, -0.2) is 9.78 Å². The van der Waals surface area contributed by atoms with Crippen LogP contribution in [0.5, 0.6) is 0 Å². The lowest BCUT2D eigenvalue weighted by atomic mass is 10.1. The number of nitrogens with zero attached hydrogens (tertiary/aromatic N) is 2. The van der Waals surface area contributed by atoms with Crippen LogP contribution < -0.4 is 5.32 Å². The predicted octanol–water partition coefficient (Wildman–Crippen LogP) is 3.58. The number of benzene rings is 1. The first-order valence-electron chi connectivity index (χ1n) is 6.00.